The summed E-state index contributed by atoms with van der Waals surface area (Å²) in [4.78, 5) is 17.7. The van der Waals surface area contributed by atoms with Gasteiger partial charge in [-0.15, -0.1) is 0 Å². The van der Waals surface area contributed by atoms with Crippen LogP contribution in [0, 0.1) is 40.9 Å². The fourth-order valence-corrected chi connectivity index (χ4v) is 5.14. The molecule has 19 heavy (non-hydrogen) atoms. The van der Waals surface area contributed by atoms with Crippen LogP contribution in [0.4, 0.5) is 0 Å². The number of carbonyl (C=O) groups is 1. The zero-order valence-corrected chi connectivity index (χ0v) is 10.9. The summed E-state index contributed by atoms with van der Waals surface area (Å²) < 4.78 is 0. The Morgan fingerprint density at radius 1 is 1.16 bits per heavy atom. The molecule has 4 fully saturated rings. The number of Topliss-reactive ketones (excluding diaryl/α,β-unsaturated/α-hetero) is 1. The van der Waals surface area contributed by atoms with Gasteiger partial charge in [-0.25, -0.2) is 0 Å². The van der Waals surface area contributed by atoms with Crippen molar-refractivity contribution in [2.75, 3.05) is 0 Å². The normalized spacial score (nSPS) is 46.6. The van der Waals surface area contributed by atoms with E-state index in [4.69, 9.17) is 10.1 Å². The Morgan fingerprint density at radius 2 is 1.79 bits per heavy atom. The molecule has 0 spiro atoms. The van der Waals surface area contributed by atoms with Gasteiger partial charge in [0.1, 0.15) is 11.8 Å². The number of oxime groups is 1. The molecule has 1 unspecified atom stereocenters. The van der Waals surface area contributed by atoms with Crippen LogP contribution in [-0.4, -0.2) is 17.6 Å². The number of rotatable bonds is 2. The summed E-state index contributed by atoms with van der Waals surface area (Å²) in [6, 6.07) is 2.03. The van der Waals surface area contributed by atoms with Gasteiger partial charge in [0, 0.05) is 5.92 Å². The summed E-state index contributed by atoms with van der Waals surface area (Å²) in [7, 11) is 0. The lowest BCUT2D eigenvalue weighted by Crippen LogP contribution is -2.49. The van der Waals surface area contributed by atoms with Gasteiger partial charge in [0.15, 0.2) is 5.78 Å². The van der Waals surface area contributed by atoms with Gasteiger partial charge < -0.3 is 4.84 Å². The number of nitrogens with zero attached hydrogens (tertiary/aromatic N) is 2. The van der Waals surface area contributed by atoms with E-state index in [2.05, 4.69) is 5.16 Å². The minimum absolute atomic E-state index is 0.174. The topological polar surface area (TPSA) is 62.5 Å². The minimum Gasteiger partial charge on any atom is -0.376 e. The molecule has 0 aromatic carbocycles. The molecule has 4 saturated carbocycles. The van der Waals surface area contributed by atoms with Crippen LogP contribution < -0.4 is 0 Å². The first-order valence-electron chi connectivity index (χ1n) is 7.41. The summed E-state index contributed by atoms with van der Waals surface area (Å²) >= 11 is 0. The average Bonchev–Trinajstić information content (AvgIpc) is 2.86. The van der Waals surface area contributed by atoms with Crippen LogP contribution in [-0.2, 0) is 9.63 Å². The van der Waals surface area contributed by atoms with E-state index in [1.807, 2.05) is 6.07 Å². The molecule has 4 bridgehead atoms. The van der Waals surface area contributed by atoms with Crippen molar-refractivity contribution < 1.29 is 9.63 Å². The van der Waals surface area contributed by atoms with Gasteiger partial charge in [-0.2, -0.15) is 5.26 Å². The second kappa shape index (κ2) is 4.06. The molecule has 0 aromatic rings. The lowest BCUT2D eigenvalue weighted by atomic mass is 9.51. The summed E-state index contributed by atoms with van der Waals surface area (Å²) in [6.07, 6.45) is 6.18. The van der Waals surface area contributed by atoms with Crippen LogP contribution in [0.5, 0.6) is 0 Å². The van der Waals surface area contributed by atoms with E-state index in [1.165, 1.54) is 32.1 Å². The molecule has 4 aliphatic carbocycles. The second-order valence-corrected chi connectivity index (χ2v) is 6.79. The van der Waals surface area contributed by atoms with Crippen LogP contribution in [0.15, 0.2) is 5.16 Å². The predicted octanol–water partition coefficient (Wildman–Crippen LogP) is 2.30. The summed E-state index contributed by atoms with van der Waals surface area (Å²) in [5, 5.41) is 12.7. The SMILES string of the molecule is N#CC1CC(C(=O)C2C3CC4CC(C3)CC2C4)=NO1. The molecule has 0 saturated heterocycles. The van der Waals surface area contributed by atoms with Crippen LogP contribution >= 0.6 is 0 Å². The number of carbonyl (C=O) groups excluding carboxylic acids is 1. The molecule has 5 rings (SSSR count). The van der Waals surface area contributed by atoms with E-state index in [9.17, 15) is 4.79 Å². The van der Waals surface area contributed by atoms with Crippen molar-refractivity contribution in [3.63, 3.8) is 0 Å². The molecule has 0 N–H and O–H groups in total. The Balaban J connectivity index is 1.54. The first-order chi connectivity index (χ1) is 9.24. The molecule has 0 amide bonds. The number of ketones is 1. The molecule has 0 aromatic heterocycles. The first kappa shape index (κ1) is 11.5. The second-order valence-electron chi connectivity index (χ2n) is 6.79. The highest BCUT2D eigenvalue weighted by Crippen LogP contribution is 2.56. The van der Waals surface area contributed by atoms with Crippen molar-refractivity contribution in [3.05, 3.63) is 0 Å². The smallest absolute Gasteiger partial charge is 0.218 e. The number of hydrogen-bond acceptors (Lipinski definition) is 4. The van der Waals surface area contributed by atoms with E-state index >= 15 is 0 Å². The van der Waals surface area contributed by atoms with Gasteiger partial charge in [-0.05, 0) is 55.8 Å². The fourth-order valence-electron chi connectivity index (χ4n) is 5.14. The number of hydrogen-bond donors (Lipinski definition) is 0. The monoisotopic (exact) mass is 258 g/mol. The van der Waals surface area contributed by atoms with Crippen LogP contribution in [0.2, 0.25) is 0 Å². The summed E-state index contributed by atoms with van der Waals surface area (Å²) in [5.41, 5.74) is 0.518. The summed E-state index contributed by atoms with van der Waals surface area (Å²) in [6.45, 7) is 0. The van der Waals surface area contributed by atoms with Crippen LogP contribution in [0.3, 0.4) is 0 Å². The Kier molecular flexibility index (Phi) is 2.45. The molecule has 5 aliphatic rings. The maximum absolute atomic E-state index is 12.7. The Labute approximate surface area is 112 Å². The predicted molar refractivity (Wildman–Crippen MR) is 68.1 cm³/mol. The number of nitriles is 1. The van der Waals surface area contributed by atoms with Crippen molar-refractivity contribution in [1.29, 1.82) is 5.26 Å². The lowest BCUT2D eigenvalue weighted by Gasteiger charge is -2.53. The van der Waals surface area contributed by atoms with Crippen molar-refractivity contribution in [2.45, 2.75) is 44.6 Å². The highest BCUT2D eigenvalue weighted by atomic mass is 16.6. The van der Waals surface area contributed by atoms with E-state index < -0.39 is 6.10 Å². The maximum Gasteiger partial charge on any atom is 0.218 e. The molecule has 1 atom stereocenters. The zero-order valence-electron chi connectivity index (χ0n) is 10.9. The van der Waals surface area contributed by atoms with E-state index in [-0.39, 0.29) is 11.7 Å². The van der Waals surface area contributed by atoms with Gasteiger partial charge in [-0.1, -0.05) is 5.16 Å². The van der Waals surface area contributed by atoms with Gasteiger partial charge in [-0.3, -0.25) is 4.79 Å². The molecule has 4 nitrogen and oxygen atoms in total. The van der Waals surface area contributed by atoms with Gasteiger partial charge in [0.25, 0.3) is 0 Å². The van der Waals surface area contributed by atoms with Crippen LogP contribution in [0.25, 0.3) is 0 Å². The van der Waals surface area contributed by atoms with Crippen molar-refractivity contribution in [3.8, 4) is 6.07 Å². The Hall–Kier alpha value is -1.37. The first-order valence-corrected chi connectivity index (χ1v) is 7.41. The summed E-state index contributed by atoms with van der Waals surface area (Å²) in [5.74, 6) is 3.26. The van der Waals surface area contributed by atoms with Gasteiger partial charge >= 0.3 is 0 Å². The highest BCUT2D eigenvalue weighted by Gasteiger charge is 2.51. The maximum atomic E-state index is 12.7. The molecule has 4 heteroatoms. The largest absolute Gasteiger partial charge is 0.376 e. The van der Waals surface area contributed by atoms with Crippen molar-refractivity contribution >= 4 is 11.5 Å². The van der Waals surface area contributed by atoms with Gasteiger partial charge in [0.2, 0.25) is 6.10 Å². The van der Waals surface area contributed by atoms with E-state index in [0.29, 0.717) is 24.0 Å². The van der Waals surface area contributed by atoms with E-state index in [1.54, 1.807) is 0 Å². The molecule has 1 aliphatic heterocycles. The highest BCUT2D eigenvalue weighted by molar-refractivity contribution is 6.41. The third-order valence-corrected chi connectivity index (χ3v) is 5.63. The zero-order chi connectivity index (χ0) is 13.0. The third-order valence-electron chi connectivity index (χ3n) is 5.63. The molecule has 0 radical (unpaired) electrons. The third kappa shape index (κ3) is 1.71. The molecule has 100 valence electrons. The van der Waals surface area contributed by atoms with E-state index in [0.717, 1.165) is 11.8 Å². The quantitative estimate of drug-likeness (QED) is 0.763. The molecule has 1 heterocycles. The standard InChI is InChI=1S/C15H18N2O2/c16-7-12-6-13(17-19-12)15(18)14-10-2-8-1-9(4-10)5-11(14)3-8/h8-12,14H,1-6H2. The van der Waals surface area contributed by atoms with Crippen molar-refractivity contribution in [1.82, 2.24) is 0 Å². The fraction of sp³-hybridized carbons (Fsp3) is 0.800. The van der Waals surface area contributed by atoms with Crippen LogP contribution in [0.1, 0.15) is 38.5 Å². The van der Waals surface area contributed by atoms with Gasteiger partial charge in [0.05, 0.1) is 6.42 Å². The Bertz CT molecular complexity index is 463. The lowest BCUT2D eigenvalue weighted by molar-refractivity contribution is -0.129. The molecular formula is C15H18N2O2. The van der Waals surface area contributed by atoms with Crippen molar-refractivity contribution in [2.24, 2.45) is 34.7 Å². The minimum atomic E-state index is -0.546. The molecular weight excluding hydrogens is 240 g/mol. The Morgan fingerprint density at radius 3 is 2.32 bits per heavy atom. The average molecular weight is 258 g/mol.